The fourth-order valence-corrected chi connectivity index (χ4v) is 3.50. The smallest absolute Gasteiger partial charge is 0.0218 e. The number of hydrogen-bond acceptors (Lipinski definition) is 1. The third-order valence-electron chi connectivity index (χ3n) is 4.58. The maximum absolute atomic E-state index is 3.46. The van der Waals surface area contributed by atoms with Crippen molar-refractivity contribution < 1.29 is 0 Å². The Morgan fingerprint density at radius 3 is 1.80 bits per heavy atom. The van der Waals surface area contributed by atoms with Crippen LogP contribution in [0.3, 0.4) is 0 Å². The largest absolute Gasteiger partial charge is 0.317 e. The third-order valence-corrected chi connectivity index (χ3v) is 4.58. The van der Waals surface area contributed by atoms with Gasteiger partial charge in [0.15, 0.2) is 0 Å². The van der Waals surface area contributed by atoms with Gasteiger partial charge in [0.2, 0.25) is 0 Å². The number of halogens is 1. The van der Waals surface area contributed by atoms with Crippen molar-refractivity contribution in [3.05, 3.63) is 71.8 Å². The van der Waals surface area contributed by atoms with Gasteiger partial charge in [-0.1, -0.05) is 60.7 Å². The van der Waals surface area contributed by atoms with Crippen LogP contribution in [-0.4, -0.2) is 13.1 Å². The minimum Gasteiger partial charge on any atom is -0.317 e. The lowest BCUT2D eigenvalue weighted by Crippen LogP contribution is -2.29. The zero-order valence-electron chi connectivity index (χ0n) is 11.9. The molecule has 1 nitrogen and oxygen atoms in total. The standard InChI is InChI=1S/C18H21N.ClH/c1-19-17-12-13-18(14-17,15-8-4-2-5-9-15)16-10-6-3-7-11-16;/h2-11,17,19H,12-14H2,1H3;1H. The molecule has 2 heteroatoms. The van der Waals surface area contributed by atoms with Gasteiger partial charge in [-0.3, -0.25) is 0 Å². The summed E-state index contributed by atoms with van der Waals surface area (Å²) in [7, 11) is 2.08. The van der Waals surface area contributed by atoms with E-state index in [1.807, 2.05) is 0 Å². The van der Waals surface area contributed by atoms with Gasteiger partial charge in [0.25, 0.3) is 0 Å². The molecule has 106 valence electrons. The second-order valence-electron chi connectivity index (χ2n) is 5.54. The molecule has 0 saturated heterocycles. The Morgan fingerprint density at radius 1 is 0.900 bits per heavy atom. The highest BCUT2D eigenvalue weighted by Crippen LogP contribution is 2.46. The van der Waals surface area contributed by atoms with Crippen molar-refractivity contribution in [3.63, 3.8) is 0 Å². The van der Waals surface area contributed by atoms with Gasteiger partial charge in [0.05, 0.1) is 0 Å². The molecule has 2 aromatic carbocycles. The fourth-order valence-electron chi connectivity index (χ4n) is 3.50. The van der Waals surface area contributed by atoms with Crippen molar-refractivity contribution in [2.24, 2.45) is 0 Å². The van der Waals surface area contributed by atoms with E-state index in [0.717, 1.165) is 0 Å². The summed E-state index contributed by atoms with van der Waals surface area (Å²) in [6.07, 6.45) is 3.67. The molecular weight excluding hydrogens is 266 g/mol. The van der Waals surface area contributed by atoms with Crippen LogP contribution in [0.25, 0.3) is 0 Å². The lowest BCUT2D eigenvalue weighted by molar-refractivity contribution is 0.501. The van der Waals surface area contributed by atoms with Crippen LogP contribution in [0.4, 0.5) is 0 Å². The molecule has 3 rings (SSSR count). The Kier molecular flexibility index (Phi) is 4.85. The molecule has 0 aliphatic heterocycles. The van der Waals surface area contributed by atoms with Crippen molar-refractivity contribution in [2.75, 3.05) is 7.05 Å². The Bertz CT molecular complexity index is 484. The van der Waals surface area contributed by atoms with E-state index in [-0.39, 0.29) is 17.8 Å². The van der Waals surface area contributed by atoms with Gasteiger partial charge >= 0.3 is 0 Å². The minimum absolute atomic E-state index is 0. The number of rotatable bonds is 3. The van der Waals surface area contributed by atoms with E-state index in [1.54, 1.807) is 0 Å². The highest BCUT2D eigenvalue weighted by molar-refractivity contribution is 5.85. The molecule has 1 unspecified atom stereocenters. The summed E-state index contributed by atoms with van der Waals surface area (Å²) in [6.45, 7) is 0. The molecule has 0 heterocycles. The van der Waals surface area contributed by atoms with Gasteiger partial charge < -0.3 is 5.32 Å². The molecule has 0 amide bonds. The predicted octanol–water partition coefficient (Wildman–Crippen LogP) is 4.17. The summed E-state index contributed by atoms with van der Waals surface area (Å²) in [4.78, 5) is 0. The summed E-state index contributed by atoms with van der Waals surface area (Å²) >= 11 is 0. The summed E-state index contributed by atoms with van der Waals surface area (Å²) in [5, 5.41) is 3.46. The Hall–Kier alpha value is -1.31. The van der Waals surface area contributed by atoms with Crippen molar-refractivity contribution in [2.45, 2.75) is 30.7 Å². The molecule has 2 aromatic rings. The van der Waals surface area contributed by atoms with Crippen LogP contribution >= 0.6 is 12.4 Å². The van der Waals surface area contributed by atoms with Crippen LogP contribution in [0.2, 0.25) is 0 Å². The summed E-state index contributed by atoms with van der Waals surface area (Å²) < 4.78 is 0. The summed E-state index contributed by atoms with van der Waals surface area (Å²) in [5.41, 5.74) is 3.11. The van der Waals surface area contributed by atoms with E-state index in [0.29, 0.717) is 6.04 Å². The predicted molar refractivity (Wildman–Crippen MR) is 87.6 cm³/mol. The molecule has 20 heavy (non-hydrogen) atoms. The lowest BCUT2D eigenvalue weighted by Gasteiger charge is -2.31. The minimum atomic E-state index is 0. The SMILES string of the molecule is CNC1CCC(c2ccccc2)(c2ccccc2)C1.Cl. The van der Waals surface area contributed by atoms with Crippen LogP contribution in [0.5, 0.6) is 0 Å². The Morgan fingerprint density at radius 2 is 1.40 bits per heavy atom. The molecule has 1 atom stereocenters. The second kappa shape index (κ2) is 6.43. The third kappa shape index (κ3) is 2.61. The van der Waals surface area contributed by atoms with Gasteiger partial charge in [-0.15, -0.1) is 12.4 Å². The molecular formula is C18H22ClN. The van der Waals surface area contributed by atoms with Crippen LogP contribution < -0.4 is 5.32 Å². The van der Waals surface area contributed by atoms with E-state index in [4.69, 9.17) is 0 Å². The highest BCUT2D eigenvalue weighted by Gasteiger charge is 2.41. The molecule has 1 N–H and O–H groups in total. The molecule has 0 bridgehead atoms. The number of benzene rings is 2. The first-order chi connectivity index (χ1) is 9.35. The van der Waals surface area contributed by atoms with E-state index in [1.165, 1.54) is 30.4 Å². The van der Waals surface area contributed by atoms with Crippen LogP contribution in [0, 0.1) is 0 Å². The van der Waals surface area contributed by atoms with Gasteiger partial charge in [0.1, 0.15) is 0 Å². The highest BCUT2D eigenvalue weighted by atomic mass is 35.5. The van der Waals surface area contributed by atoms with Crippen LogP contribution in [0.15, 0.2) is 60.7 Å². The first-order valence-electron chi connectivity index (χ1n) is 7.13. The van der Waals surface area contributed by atoms with E-state index in [9.17, 15) is 0 Å². The van der Waals surface area contributed by atoms with Crippen molar-refractivity contribution in [1.29, 1.82) is 0 Å². The van der Waals surface area contributed by atoms with Crippen molar-refractivity contribution in [1.82, 2.24) is 5.32 Å². The molecule has 1 aliphatic carbocycles. The topological polar surface area (TPSA) is 12.0 Å². The first kappa shape index (κ1) is 15.1. The fraction of sp³-hybridized carbons (Fsp3) is 0.333. The summed E-state index contributed by atoms with van der Waals surface area (Å²) in [5.74, 6) is 0. The van der Waals surface area contributed by atoms with Gasteiger partial charge in [-0.25, -0.2) is 0 Å². The van der Waals surface area contributed by atoms with E-state index < -0.39 is 0 Å². The van der Waals surface area contributed by atoms with Crippen LogP contribution in [-0.2, 0) is 5.41 Å². The average molecular weight is 288 g/mol. The monoisotopic (exact) mass is 287 g/mol. The van der Waals surface area contributed by atoms with Gasteiger partial charge in [-0.05, 0) is 37.4 Å². The van der Waals surface area contributed by atoms with Crippen molar-refractivity contribution in [3.8, 4) is 0 Å². The Balaban J connectivity index is 0.00000147. The second-order valence-corrected chi connectivity index (χ2v) is 5.54. The van der Waals surface area contributed by atoms with Gasteiger partial charge in [0, 0.05) is 11.5 Å². The molecule has 1 saturated carbocycles. The first-order valence-corrected chi connectivity index (χ1v) is 7.13. The molecule has 0 spiro atoms. The van der Waals surface area contributed by atoms with Crippen molar-refractivity contribution >= 4 is 12.4 Å². The van der Waals surface area contributed by atoms with E-state index in [2.05, 4.69) is 73.0 Å². The molecule has 1 aliphatic rings. The molecule has 1 fully saturated rings. The average Bonchev–Trinajstić information content (AvgIpc) is 2.95. The van der Waals surface area contributed by atoms with E-state index >= 15 is 0 Å². The number of nitrogens with one attached hydrogen (secondary N) is 1. The zero-order valence-corrected chi connectivity index (χ0v) is 12.7. The Labute approximate surface area is 127 Å². The normalized spacial score (nSPS) is 20.4. The molecule has 0 aromatic heterocycles. The van der Waals surface area contributed by atoms with Gasteiger partial charge in [-0.2, -0.15) is 0 Å². The quantitative estimate of drug-likeness (QED) is 0.893. The van der Waals surface area contributed by atoms with Crippen LogP contribution in [0.1, 0.15) is 30.4 Å². The maximum atomic E-state index is 3.46. The molecule has 0 radical (unpaired) electrons. The lowest BCUT2D eigenvalue weighted by atomic mass is 9.73. The number of hydrogen-bond donors (Lipinski definition) is 1. The summed E-state index contributed by atoms with van der Waals surface area (Å²) in [6, 6.07) is 22.6. The zero-order chi connectivity index (χ0) is 13.1. The maximum Gasteiger partial charge on any atom is 0.0218 e.